The van der Waals surface area contributed by atoms with E-state index in [2.05, 4.69) is 6.92 Å². The molecule has 0 aromatic rings. The third kappa shape index (κ3) is 19.3. The number of aliphatic carboxylic acids is 1. The first-order valence-electron chi connectivity index (χ1n) is 9.62. The fourth-order valence-corrected chi connectivity index (χ4v) is 3.26. The van der Waals surface area contributed by atoms with Gasteiger partial charge >= 0.3 is 11.9 Å². The zero-order valence-electron chi connectivity index (χ0n) is 15.4. The molecule has 0 unspecified atom stereocenters. The normalized spacial score (nSPS) is 10.7. The summed E-state index contributed by atoms with van der Waals surface area (Å²) in [7, 11) is 0. The topological polar surface area (TPSA) is 63.6 Å². The van der Waals surface area contributed by atoms with Crippen LogP contribution in [0.1, 0.15) is 90.4 Å². The number of ether oxygens (including phenoxy) is 1. The number of esters is 1. The standard InChI is InChI=1S/C19H36O4S/c1-2-3-4-12-15-23-19(22)17-24-16-13-10-8-6-5-7-9-11-14-18(20)21/h2-17H2,1H3,(H,20,21). The van der Waals surface area contributed by atoms with E-state index < -0.39 is 5.97 Å². The van der Waals surface area contributed by atoms with Crippen molar-refractivity contribution in [1.29, 1.82) is 0 Å². The van der Waals surface area contributed by atoms with Crippen molar-refractivity contribution in [2.24, 2.45) is 0 Å². The number of carbonyl (C=O) groups is 2. The van der Waals surface area contributed by atoms with E-state index in [-0.39, 0.29) is 5.97 Å². The Kier molecular flexibility index (Phi) is 18.1. The summed E-state index contributed by atoms with van der Waals surface area (Å²) in [5.74, 6) is 0.756. The second-order valence-corrected chi connectivity index (χ2v) is 7.41. The molecule has 0 aromatic carbocycles. The number of rotatable bonds is 18. The van der Waals surface area contributed by atoms with Gasteiger partial charge < -0.3 is 9.84 Å². The summed E-state index contributed by atoms with van der Waals surface area (Å²) in [6.07, 6.45) is 13.9. The Morgan fingerprint density at radius 1 is 0.833 bits per heavy atom. The van der Waals surface area contributed by atoms with Crippen LogP contribution >= 0.6 is 11.8 Å². The second-order valence-electron chi connectivity index (χ2n) is 6.31. The van der Waals surface area contributed by atoms with Crippen LogP contribution in [0.15, 0.2) is 0 Å². The van der Waals surface area contributed by atoms with Gasteiger partial charge in [0, 0.05) is 6.42 Å². The van der Waals surface area contributed by atoms with Gasteiger partial charge in [-0.3, -0.25) is 9.59 Å². The molecule has 0 aliphatic carbocycles. The van der Waals surface area contributed by atoms with Gasteiger partial charge in [-0.2, -0.15) is 11.8 Å². The van der Waals surface area contributed by atoms with Gasteiger partial charge in [0.2, 0.25) is 0 Å². The Bertz CT molecular complexity index is 308. The average molecular weight is 361 g/mol. The molecule has 0 saturated carbocycles. The molecular formula is C19H36O4S. The van der Waals surface area contributed by atoms with E-state index in [1.807, 2.05) is 0 Å². The molecule has 24 heavy (non-hydrogen) atoms. The van der Waals surface area contributed by atoms with E-state index in [1.165, 1.54) is 38.5 Å². The molecule has 5 heteroatoms. The molecule has 0 radical (unpaired) electrons. The maximum absolute atomic E-state index is 11.5. The van der Waals surface area contributed by atoms with E-state index in [4.69, 9.17) is 9.84 Å². The second kappa shape index (κ2) is 18.6. The van der Waals surface area contributed by atoms with Gasteiger partial charge in [0.1, 0.15) is 0 Å². The van der Waals surface area contributed by atoms with Gasteiger partial charge in [-0.15, -0.1) is 0 Å². The van der Waals surface area contributed by atoms with Crippen LogP contribution in [0.5, 0.6) is 0 Å². The SMILES string of the molecule is CCCCCCOC(=O)CSCCCCCCCCCCC(=O)O. The molecule has 0 aromatic heterocycles. The molecule has 0 aliphatic rings. The molecule has 4 nitrogen and oxygen atoms in total. The van der Waals surface area contributed by atoms with Gasteiger partial charge in [-0.1, -0.05) is 64.7 Å². The van der Waals surface area contributed by atoms with Gasteiger partial charge in [0.05, 0.1) is 12.4 Å². The maximum Gasteiger partial charge on any atom is 0.315 e. The molecule has 0 rings (SSSR count). The number of hydrogen-bond donors (Lipinski definition) is 1. The van der Waals surface area contributed by atoms with Crippen molar-refractivity contribution in [2.45, 2.75) is 90.4 Å². The van der Waals surface area contributed by atoms with Crippen molar-refractivity contribution in [1.82, 2.24) is 0 Å². The highest BCUT2D eigenvalue weighted by Gasteiger charge is 2.02. The number of thioether (sulfide) groups is 1. The zero-order chi connectivity index (χ0) is 17.9. The smallest absolute Gasteiger partial charge is 0.315 e. The Balaban J connectivity index is 3.13. The van der Waals surface area contributed by atoms with Gasteiger partial charge in [-0.05, 0) is 25.0 Å². The highest BCUT2D eigenvalue weighted by molar-refractivity contribution is 7.99. The largest absolute Gasteiger partial charge is 0.481 e. The molecule has 0 heterocycles. The van der Waals surface area contributed by atoms with Crippen molar-refractivity contribution < 1.29 is 19.4 Å². The molecule has 1 N–H and O–H groups in total. The summed E-state index contributed by atoms with van der Waals surface area (Å²) >= 11 is 1.68. The van der Waals surface area contributed by atoms with Crippen LogP contribution in [0.3, 0.4) is 0 Å². The predicted molar refractivity (Wildman–Crippen MR) is 102 cm³/mol. The highest BCUT2D eigenvalue weighted by Crippen LogP contribution is 2.12. The van der Waals surface area contributed by atoms with Crippen LogP contribution in [0.2, 0.25) is 0 Å². The van der Waals surface area contributed by atoms with Crippen molar-refractivity contribution in [3.05, 3.63) is 0 Å². The van der Waals surface area contributed by atoms with Crippen LogP contribution in [0.4, 0.5) is 0 Å². The number of hydrogen-bond acceptors (Lipinski definition) is 4. The first-order valence-corrected chi connectivity index (χ1v) is 10.8. The Morgan fingerprint density at radius 3 is 2.04 bits per heavy atom. The number of unbranched alkanes of at least 4 members (excludes halogenated alkanes) is 10. The minimum absolute atomic E-state index is 0.0714. The molecule has 0 atom stereocenters. The first kappa shape index (κ1) is 23.3. The van der Waals surface area contributed by atoms with Crippen LogP contribution in [-0.4, -0.2) is 35.2 Å². The van der Waals surface area contributed by atoms with Crippen LogP contribution in [-0.2, 0) is 14.3 Å². The zero-order valence-corrected chi connectivity index (χ0v) is 16.2. The molecule has 0 bridgehead atoms. The van der Waals surface area contributed by atoms with Crippen LogP contribution in [0.25, 0.3) is 0 Å². The molecule has 142 valence electrons. The van der Waals surface area contributed by atoms with Crippen molar-refractivity contribution in [2.75, 3.05) is 18.1 Å². The fourth-order valence-electron chi connectivity index (χ4n) is 2.45. The predicted octanol–water partition coefficient (Wildman–Crippen LogP) is 5.44. The quantitative estimate of drug-likeness (QED) is 0.260. The van der Waals surface area contributed by atoms with Gasteiger partial charge in [0.15, 0.2) is 0 Å². The monoisotopic (exact) mass is 360 g/mol. The molecule has 0 aliphatic heterocycles. The van der Waals surface area contributed by atoms with Crippen LogP contribution in [0, 0.1) is 0 Å². The van der Waals surface area contributed by atoms with E-state index in [9.17, 15) is 9.59 Å². The summed E-state index contributed by atoms with van der Waals surface area (Å²) in [5.41, 5.74) is 0. The van der Waals surface area contributed by atoms with Crippen molar-refractivity contribution in [3.63, 3.8) is 0 Å². The lowest BCUT2D eigenvalue weighted by atomic mass is 10.1. The summed E-state index contributed by atoms with van der Waals surface area (Å²) in [5, 5.41) is 8.53. The van der Waals surface area contributed by atoms with E-state index >= 15 is 0 Å². The Labute approximate surface area is 152 Å². The molecule has 0 saturated heterocycles. The summed E-state index contributed by atoms with van der Waals surface area (Å²) < 4.78 is 5.20. The minimum atomic E-state index is -0.687. The number of carboxylic acid groups (broad SMARTS) is 1. The van der Waals surface area contributed by atoms with E-state index in [0.29, 0.717) is 18.8 Å². The van der Waals surface area contributed by atoms with Gasteiger partial charge in [-0.25, -0.2) is 0 Å². The van der Waals surface area contributed by atoms with E-state index in [0.717, 1.165) is 44.3 Å². The lowest BCUT2D eigenvalue weighted by Gasteiger charge is -2.05. The fraction of sp³-hybridized carbons (Fsp3) is 0.895. The lowest BCUT2D eigenvalue weighted by molar-refractivity contribution is -0.140. The summed E-state index contributed by atoms with van der Waals surface area (Å²) in [6, 6.07) is 0. The van der Waals surface area contributed by atoms with Crippen molar-refractivity contribution in [3.8, 4) is 0 Å². The Morgan fingerprint density at radius 2 is 1.42 bits per heavy atom. The van der Waals surface area contributed by atoms with Crippen LogP contribution < -0.4 is 0 Å². The van der Waals surface area contributed by atoms with E-state index in [1.54, 1.807) is 11.8 Å². The average Bonchev–Trinajstić information content (AvgIpc) is 2.55. The number of carbonyl (C=O) groups excluding carboxylic acids is 1. The minimum Gasteiger partial charge on any atom is -0.481 e. The highest BCUT2D eigenvalue weighted by atomic mass is 32.2. The summed E-state index contributed by atoms with van der Waals surface area (Å²) in [6.45, 7) is 2.75. The first-order chi connectivity index (χ1) is 11.7. The lowest BCUT2D eigenvalue weighted by Crippen LogP contribution is -2.08. The molecule has 0 amide bonds. The van der Waals surface area contributed by atoms with Gasteiger partial charge in [0.25, 0.3) is 0 Å². The molecular weight excluding hydrogens is 324 g/mol. The maximum atomic E-state index is 11.5. The molecule has 0 spiro atoms. The third-order valence-electron chi connectivity index (χ3n) is 3.91. The van der Waals surface area contributed by atoms with Crippen molar-refractivity contribution >= 4 is 23.7 Å². The molecule has 0 fully saturated rings. The Hall–Kier alpha value is -0.710. The summed E-state index contributed by atoms with van der Waals surface area (Å²) in [4.78, 5) is 21.9. The number of carboxylic acids is 1. The third-order valence-corrected chi connectivity index (χ3v) is 4.93.